The van der Waals surface area contributed by atoms with Crippen LogP contribution in [0, 0.1) is 0 Å². The molecule has 0 saturated heterocycles. The molecule has 0 aromatic rings. The van der Waals surface area contributed by atoms with Crippen LogP contribution in [0.15, 0.2) is 35.0 Å². The van der Waals surface area contributed by atoms with E-state index in [0.29, 0.717) is 0 Å². The van der Waals surface area contributed by atoms with Crippen molar-refractivity contribution < 1.29 is 0 Å². The highest BCUT2D eigenvalue weighted by atomic mass is 79.9. The molecule has 0 bridgehead atoms. The third-order valence-electron chi connectivity index (χ3n) is 0.755. The normalized spacial score (nSPS) is 13.6. The van der Waals surface area contributed by atoms with E-state index in [1.165, 1.54) is 0 Å². The van der Waals surface area contributed by atoms with Crippen molar-refractivity contribution in [2.75, 3.05) is 0 Å². The largest absolute Gasteiger partial charge is 0.401 e. The molecule has 0 spiro atoms. The zero-order valence-corrected chi connectivity index (χ0v) is 6.98. The molecular formula is C7H10BrN. The topological polar surface area (TPSA) is 26.0 Å². The Hall–Kier alpha value is -0.500. The Kier molecular flexibility index (Phi) is 4.14. The number of rotatable bonds is 2. The second-order valence-electron chi connectivity index (χ2n) is 1.63. The molecule has 0 atom stereocenters. The average molecular weight is 188 g/mol. The molecular weight excluding hydrogens is 178 g/mol. The lowest BCUT2D eigenvalue weighted by atomic mass is 10.4. The van der Waals surface area contributed by atoms with Gasteiger partial charge in [0.1, 0.15) is 0 Å². The predicted octanol–water partition coefficient (Wildman–Crippen LogP) is 2.31. The molecule has 0 aliphatic heterocycles. The van der Waals surface area contributed by atoms with Crippen LogP contribution < -0.4 is 5.73 Å². The van der Waals surface area contributed by atoms with Crippen LogP contribution in [-0.2, 0) is 0 Å². The molecule has 0 amide bonds. The molecule has 0 aliphatic rings. The van der Waals surface area contributed by atoms with E-state index in [1.807, 2.05) is 19.1 Å². The van der Waals surface area contributed by atoms with Crippen molar-refractivity contribution >= 4 is 15.9 Å². The molecule has 0 rings (SSSR count). The van der Waals surface area contributed by atoms with E-state index < -0.39 is 0 Å². The number of halogens is 1. The van der Waals surface area contributed by atoms with Gasteiger partial charge in [0.2, 0.25) is 0 Å². The van der Waals surface area contributed by atoms with E-state index in [1.54, 1.807) is 6.08 Å². The van der Waals surface area contributed by atoms with Gasteiger partial charge in [-0.05, 0) is 28.9 Å². The van der Waals surface area contributed by atoms with Gasteiger partial charge in [0.15, 0.2) is 0 Å². The lowest BCUT2D eigenvalue weighted by Gasteiger charge is -1.90. The monoisotopic (exact) mass is 187 g/mol. The maximum atomic E-state index is 5.42. The van der Waals surface area contributed by atoms with Crippen molar-refractivity contribution in [1.29, 1.82) is 0 Å². The minimum Gasteiger partial charge on any atom is -0.401 e. The maximum Gasteiger partial charge on any atom is 0.0359 e. The van der Waals surface area contributed by atoms with Gasteiger partial charge in [0.05, 0.1) is 0 Å². The molecule has 0 unspecified atom stereocenters. The summed E-state index contributed by atoms with van der Waals surface area (Å²) in [5.74, 6) is 0. The van der Waals surface area contributed by atoms with Gasteiger partial charge in [-0.15, -0.1) is 0 Å². The fourth-order valence-electron chi connectivity index (χ4n) is 0.284. The highest BCUT2D eigenvalue weighted by Gasteiger charge is 1.84. The number of allylic oxidation sites excluding steroid dienone is 5. The summed E-state index contributed by atoms with van der Waals surface area (Å²) in [7, 11) is 0. The molecule has 50 valence electrons. The fourth-order valence-corrected chi connectivity index (χ4v) is 0.437. The summed E-state index contributed by atoms with van der Waals surface area (Å²) < 4.78 is 0.905. The van der Waals surface area contributed by atoms with Gasteiger partial charge < -0.3 is 5.73 Å². The van der Waals surface area contributed by atoms with Gasteiger partial charge in [0.25, 0.3) is 0 Å². The molecule has 2 heteroatoms. The Labute approximate surface area is 64.1 Å². The SMILES string of the molecule is C=C/C=C\C(Br)=C(/C)N. The van der Waals surface area contributed by atoms with E-state index in [4.69, 9.17) is 5.73 Å². The molecule has 2 N–H and O–H groups in total. The van der Waals surface area contributed by atoms with E-state index in [-0.39, 0.29) is 0 Å². The van der Waals surface area contributed by atoms with Crippen molar-refractivity contribution in [3.8, 4) is 0 Å². The minimum absolute atomic E-state index is 0.771. The number of hydrogen-bond donors (Lipinski definition) is 1. The van der Waals surface area contributed by atoms with Crippen LogP contribution in [-0.4, -0.2) is 0 Å². The molecule has 0 aromatic carbocycles. The van der Waals surface area contributed by atoms with Crippen LogP contribution in [0.5, 0.6) is 0 Å². The summed E-state index contributed by atoms with van der Waals surface area (Å²) in [5.41, 5.74) is 6.20. The zero-order chi connectivity index (χ0) is 7.28. The van der Waals surface area contributed by atoms with E-state index in [2.05, 4.69) is 22.5 Å². The highest BCUT2D eigenvalue weighted by molar-refractivity contribution is 9.11. The van der Waals surface area contributed by atoms with Gasteiger partial charge in [0, 0.05) is 10.2 Å². The third kappa shape index (κ3) is 4.03. The Morgan fingerprint density at radius 3 is 2.56 bits per heavy atom. The summed E-state index contributed by atoms with van der Waals surface area (Å²) in [6, 6.07) is 0. The summed E-state index contributed by atoms with van der Waals surface area (Å²) in [6.07, 6.45) is 5.37. The second-order valence-corrected chi connectivity index (χ2v) is 2.48. The summed E-state index contributed by atoms with van der Waals surface area (Å²) >= 11 is 3.26. The first-order chi connectivity index (χ1) is 4.18. The van der Waals surface area contributed by atoms with E-state index >= 15 is 0 Å². The van der Waals surface area contributed by atoms with Gasteiger partial charge in [-0.3, -0.25) is 0 Å². The van der Waals surface area contributed by atoms with Gasteiger partial charge in [-0.25, -0.2) is 0 Å². The van der Waals surface area contributed by atoms with Crippen molar-refractivity contribution in [2.24, 2.45) is 5.73 Å². The van der Waals surface area contributed by atoms with Gasteiger partial charge in [-0.2, -0.15) is 0 Å². The molecule has 1 nitrogen and oxygen atoms in total. The van der Waals surface area contributed by atoms with Crippen LogP contribution in [0.4, 0.5) is 0 Å². The average Bonchev–Trinajstić information content (AvgIpc) is 1.82. The molecule has 9 heavy (non-hydrogen) atoms. The first-order valence-corrected chi connectivity index (χ1v) is 3.38. The first-order valence-electron chi connectivity index (χ1n) is 2.59. The van der Waals surface area contributed by atoms with Crippen LogP contribution in [0.1, 0.15) is 6.92 Å². The molecule has 0 heterocycles. The smallest absolute Gasteiger partial charge is 0.0359 e. The Bertz CT molecular complexity index is 152. The summed E-state index contributed by atoms with van der Waals surface area (Å²) in [4.78, 5) is 0. The molecule has 0 fully saturated rings. The standard InChI is InChI=1S/C7H10BrN/c1-3-4-5-7(8)6(2)9/h3-5H,1,9H2,2H3/b5-4-,7-6-. The van der Waals surface area contributed by atoms with Crippen molar-refractivity contribution in [2.45, 2.75) is 6.92 Å². The Balaban J connectivity index is 4.06. The number of nitrogens with two attached hydrogens (primary N) is 1. The Morgan fingerprint density at radius 1 is 1.67 bits per heavy atom. The van der Waals surface area contributed by atoms with Gasteiger partial charge >= 0.3 is 0 Å². The highest BCUT2D eigenvalue weighted by Crippen LogP contribution is 2.08. The summed E-state index contributed by atoms with van der Waals surface area (Å²) in [6.45, 7) is 5.35. The lowest BCUT2D eigenvalue weighted by molar-refractivity contribution is 1.31. The number of hydrogen-bond acceptors (Lipinski definition) is 1. The molecule has 0 radical (unpaired) electrons. The minimum atomic E-state index is 0.771. The molecule has 0 aliphatic carbocycles. The van der Waals surface area contributed by atoms with Crippen LogP contribution in [0.2, 0.25) is 0 Å². The van der Waals surface area contributed by atoms with Crippen molar-refractivity contribution in [3.63, 3.8) is 0 Å². The van der Waals surface area contributed by atoms with Crippen LogP contribution >= 0.6 is 15.9 Å². The molecule has 0 aromatic heterocycles. The zero-order valence-electron chi connectivity index (χ0n) is 5.39. The molecule has 0 saturated carbocycles. The van der Waals surface area contributed by atoms with E-state index in [0.717, 1.165) is 10.2 Å². The first kappa shape index (κ1) is 8.50. The van der Waals surface area contributed by atoms with Crippen molar-refractivity contribution in [1.82, 2.24) is 0 Å². The third-order valence-corrected chi connectivity index (χ3v) is 1.65. The Morgan fingerprint density at radius 2 is 2.22 bits per heavy atom. The van der Waals surface area contributed by atoms with Gasteiger partial charge in [-0.1, -0.05) is 18.7 Å². The van der Waals surface area contributed by atoms with Crippen LogP contribution in [0.3, 0.4) is 0 Å². The van der Waals surface area contributed by atoms with E-state index in [9.17, 15) is 0 Å². The fraction of sp³-hybridized carbons (Fsp3) is 0.143. The lowest BCUT2D eigenvalue weighted by Crippen LogP contribution is -1.91. The maximum absolute atomic E-state index is 5.42. The summed E-state index contributed by atoms with van der Waals surface area (Å²) in [5, 5.41) is 0. The second kappa shape index (κ2) is 4.39. The quantitative estimate of drug-likeness (QED) is 0.661. The van der Waals surface area contributed by atoms with Crippen molar-refractivity contribution in [3.05, 3.63) is 35.0 Å². The predicted molar refractivity (Wildman–Crippen MR) is 45.2 cm³/mol. The van der Waals surface area contributed by atoms with Crippen LogP contribution in [0.25, 0.3) is 0 Å².